The van der Waals surface area contributed by atoms with Gasteiger partial charge in [0.05, 0.1) is 6.42 Å². The Bertz CT molecular complexity index is 689. The largest absolute Gasteiger partial charge is 0.357 e. The summed E-state index contributed by atoms with van der Waals surface area (Å²) in [7, 11) is 0. The highest BCUT2D eigenvalue weighted by molar-refractivity contribution is 5.78. The van der Waals surface area contributed by atoms with Crippen molar-refractivity contribution in [3.63, 3.8) is 0 Å². The molecule has 1 fully saturated rings. The summed E-state index contributed by atoms with van der Waals surface area (Å²) in [4.78, 5) is 19.1. The summed E-state index contributed by atoms with van der Waals surface area (Å²) in [6.45, 7) is 4.76. The normalized spacial score (nSPS) is 14.8. The topological polar surface area (TPSA) is 45.2 Å². The van der Waals surface area contributed by atoms with Crippen LogP contribution in [0.4, 0.5) is 5.82 Å². The molecule has 0 radical (unpaired) electrons. The molecule has 1 saturated heterocycles. The second-order valence-electron chi connectivity index (χ2n) is 6.87. The van der Waals surface area contributed by atoms with Crippen molar-refractivity contribution in [2.75, 3.05) is 18.0 Å². The van der Waals surface area contributed by atoms with Crippen LogP contribution in [-0.2, 0) is 17.8 Å². The van der Waals surface area contributed by atoms with E-state index in [0.717, 1.165) is 30.0 Å². The van der Waals surface area contributed by atoms with Gasteiger partial charge in [-0.05, 0) is 37.0 Å². The Labute approximate surface area is 150 Å². The van der Waals surface area contributed by atoms with Crippen LogP contribution in [0.5, 0.6) is 0 Å². The van der Waals surface area contributed by atoms with Gasteiger partial charge < -0.3 is 10.2 Å². The summed E-state index contributed by atoms with van der Waals surface area (Å²) in [5.74, 6) is 1.10. The van der Waals surface area contributed by atoms with E-state index in [4.69, 9.17) is 0 Å². The minimum atomic E-state index is 0.0437. The van der Waals surface area contributed by atoms with Gasteiger partial charge in [0.15, 0.2) is 0 Å². The molecule has 1 N–H and O–H groups in total. The van der Waals surface area contributed by atoms with Gasteiger partial charge in [-0.2, -0.15) is 0 Å². The molecule has 0 aliphatic carbocycles. The predicted octanol–water partition coefficient (Wildman–Crippen LogP) is 3.63. The lowest BCUT2D eigenvalue weighted by Gasteiger charge is -2.21. The lowest BCUT2D eigenvalue weighted by atomic mass is 10.1. The molecule has 1 amide bonds. The SMILES string of the molecule is Cc1cccc(CC(=O)NCc2ccc(N3CCCCCC3)nc2)c1. The Hall–Kier alpha value is -2.36. The Morgan fingerprint density at radius 3 is 2.56 bits per heavy atom. The maximum absolute atomic E-state index is 12.1. The summed E-state index contributed by atoms with van der Waals surface area (Å²) >= 11 is 0. The van der Waals surface area contributed by atoms with E-state index in [-0.39, 0.29) is 5.91 Å². The van der Waals surface area contributed by atoms with Crippen molar-refractivity contribution in [1.82, 2.24) is 10.3 Å². The highest BCUT2D eigenvalue weighted by atomic mass is 16.1. The number of hydrogen-bond acceptors (Lipinski definition) is 3. The van der Waals surface area contributed by atoms with Crippen LogP contribution in [0.1, 0.15) is 42.4 Å². The van der Waals surface area contributed by atoms with E-state index in [1.165, 1.54) is 31.2 Å². The third kappa shape index (κ3) is 5.31. The molecular formula is C21H27N3O. The van der Waals surface area contributed by atoms with E-state index in [1.807, 2.05) is 31.3 Å². The zero-order chi connectivity index (χ0) is 17.5. The third-order valence-corrected chi connectivity index (χ3v) is 4.68. The van der Waals surface area contributed by atoms with Gasteiger partial charge in [0, 0.05) is 25.8 Å². The number of nitrogens with zero attached hydrogens (tertiary/aromatic N) is 2. The van der Waals surface area contributed by atoms with Crippen LogP contribution in [0.2, 0.25) is 0 Å². The molecule has 4 nitrogen and oxygen atoms in total. The second-order valence-corrected chi connectivity index (χ2v) is 6.87. The minimum Gasteiger partial charge on any atom is -0.357 e. The molecule has 1 aliphatic rings. The van der Waals surface area contributed by atoms with E-state index in [2.05, 4.69) is 33.4 Å². The Balaban J connectivity index is 1.50. The standard InChI is InChI=1S/C21H27N3O/c1-17-7-6-8-18(13-17)14-21(25)23-16-19-9-10-20(22-15-19)24-11-4-2-3-5-12-24/h6-10,13,15H,2-5,11-12,14,16H2,1H3,(H,23,25). The number of aromatic nitrogens is 1. The summed E-state index contributed by atoms with van der Waals surface area (Å²) in [6, 6.07) is 12.2. The van der Waals surface area contributed by atoms with E-state index in [1.54, 1.807) is 0 Å². The molecule has 2 aromatic rings. The Morgan fingerprint density at radius 1 is 1.08 bits per heavy atom. The highest BCUT2D eigenvalue weighted by Crippen LogP contribution is 2.17. The number of anilines is 1. The zero-order valence-electron chi connectivity index (χ0n) is 15.0. The molecule has 2 heterocycles. The average Bonchev–Trinajstić information content (AvgIpc) is 2.90. The quantitative estimate of drug-likeness (QED) is 0.906. The number of hydrogen-bond donors (Lipinski definition) is 1. The average molecular weight is 337 g/mol. The molecule has 1 aliphatic heterocycles. The van der Waals surface area contributed by atoms with Crippen LogP contribution in [0, 0.1) is 6.92 Å². The Kier molecular flexibility index (Phi) is 6.04. The monoisotopic (exact) mass is 337 g/mol. The van der Waals surface area contributed by atoms with E-state index in [9.17, 15) is 4.79 Å². The first-order valence-corrected chi connectivity index (χ1v) is 9.23. The molecule has 0 spiro atoms. The molecular weight excluding hydrogens is 310 g/mol. The van der Waals surface area contributed by atoms with Crippen LogP contribution in [0.25, 0.3) is 0 Å². The van der Waals surface area contributed by atoms with E-state index in [0.29, 0.717) is 13.0 Å². The number of nitrogens with one attached hydrogen (secondary N) is 1. The van der Waals surface area contributed by atoms with Gasteiger partial charge >= 0.3 is 0 Å². The zero-order valence-corrected chi connectivity index (χ0v) is 15.0. The van der Waals surface area contributed by atoms with Gasteiger partial charge in [0.1, 0.15) is 5.82 Å². The maximum atomic E-state index is 12.1. The van der Waals surface area contributed by atoms with Crippen molar-refractivity contribution >= 4 is 11.7 Å². The molecule has 0 atom stereocenters. The minimum absolute atomic E-state index is 0.0437. The van der Waals surface area contributed by atoms with Gasteiger partial charge in [-0.1, -0.05) is 48.7 Å². The number of carbonyl (C=O) groups is 1. The number of rotatable bonds is 5. The fraction of sp³-hybridized carbons (Fsp3) is 0.429. The fourth-order valence-electron chi connectivity index (χ4n) is 3.28. The first kappa shape index (κ1) is 17.5. The van der Waals surface area contributed by atoms with Crippen molar-refractivity contribution < 1.29 is 4.79 Å². The Morgan fingerprint density at radius 2 is 1.88 bits per heavy atom. The van der Waals surface area contributed by atoms with E-state index >= 15 is 0 Å². The molecule has 1 aromatic heterocycles. The fourth-order valence-corrected chi connectivity index (χ4v) is 3.28. The molecule has 25 heavy (non-hydrogen) atoms. The number of aryl methyl sites for hydroxylation is 1. The lowest BCUT2D eigenvalue weighted by Crippen LogP contribution is -2.26. The van der Waals surface area contributed by atoms with Crippen molar-refractivity contribution in [3.05, 3.63) is 59.3 Å². The smallest absolute Gasteiger partial charge is 0.224 e. The molecule has 132 valence electrons. The molecule has 4 heteroatoms. The maximum Gasteiger partial charge on any atom is 0.224 e. The third-order valence-electron chi connectivity index (χ3n) is 4.68. The van der Waals surface area contributed by atoms with Crippen molar-refractivity contribution in [2.45, 2.75) is 45.6 Å². The summed E-state index contributed by atoms with van der Waals surface area (Å²) in [5.41, 5.74) is 3.27. The van der Waals surface area contributed by atoms with Gasteiger partial charge in [0.25, 0.3) is 0 Å². The second kappa shape index (κ2) is 8.65. The van der Waals surface area contributed by atoms with Crippen LogP contribution in [-0.4, -0.2) is 24.0 Å². The molecule has 3 rings (SSSR count). The van der Waals surface area contributed by atoms with Crippen molar-refractivity contribution in [1.29, 1.82) is 0 Å². The first-order valence-electron chi connectivity index (χ1n) is 9.23. The molecule has 0 saturated carbocycles. The molecule has 1 aromatic carbocycles. The highest BCUT2D eigenvalue weighted by Gasteiger charge is 2.11. The number of benzene rings is 1. The number of amides is 1. The predicted molar refractivity (Wildman–Crippen MR) is 102 cm³/mol. The first-order chi connectivity index (χ1) is 12.2. The van der Waals surface area contributed by atoms with Crippen molar-refractivity contribution in [3.8, 4) is 0 Å². The van der Waals surface area contributed by atoms with E-state index < -0.39 is 0 Å². The van der Waals surface area contributed by atoms with Gasteiger partial charge in [-0.25, -0.2) is 4.98 Å². The van der Waals surface area contributed by atoms with Gasteiger partial charge in [-0.15, -0.1) is 0 Å². The summed E-state index contributed by atoms with van der Waals surface area (Å²) in [5, 5.41) is 2.98. The number of pyridine rings is 1. The molecule has 0 unspecified atom stereocenters. The van der Waals surface area contributed by atoms with Crippen molar-refractivity contribution in [2.24, 2.45) is 0 Å². The summed E-state index contributed by atoms with van der Waals surface area (Å²) < 4.78 is 0. The molecule has 0 bridgehead atoms. The van der Waals surface area contributed by atoms with Gasteiger partial charge in [0.2, 0.25) is 5.91 Å². The van der Waals surface area contributed by atoms with Crippen LogP contribution >= 0.6 is 0 Å². The van der Waals surface area contributed by atoms with Gasteiger partial charge in [-0.3, -0.25) is 4.79 Å². The van der Waals surface area contributed by atoms with Crippen LogP contribution in [0.3, 0.4) is 0 Å². The van der Waals surface area contributed by atoms with Crippen LogP contribution < -0.4 is 10.2 Å². The summed E-state index contributed by atoms with van der Waals surface area (Å²) in [6.07, 6.45) is 7.44. The number of carbonyl (C=O) groups excluding carboxylic acids is 1. The lowest BCUT2D eigenvalue weighted by molar-refractivity contribution is -0.120. The van der Waals surface area contributed by atoms with Crippen LogP contribution in [0.15, 0.2) is 42.6 Å².